The minimum absolute atomic E-state index is 0.286. The molecule has 1 atom stereocenters. The van der Waals surface area contributed by atoms with E-state index in [0.29, 0.717) is 18.8 Å². The van der Waals surface area contributed by atoms with Crippen molar-refractivity contribution >= 4 is 22.6 Å². The lowest BCUT2D eigenvalue weighted by Crippen LogP contribution is -2.42. The minimum Gasteiger partial charge on any atom is -0.497 e. The zero-order chi connectivity index (χ0) is 18.3. The van der Waals surface area contributed by atoms with Crippen LogP contribution in [-0.4, -0.2) is 40.8 Å². The number of hydrogen-bond acceptors (Lipinski definition) is 4. The highest BCUT2D eigenvalue weighted by Crippen LogP contribution is 2.39. The number of methoxy groups -OCH3 is 1. The summed E-state index contributed by atoms with van der Waals surface area (Å²) in [6.07, 6.45) is 0.954. The molecule has 4 rings (SSSR count). The molecule has 2 aliphatic rings. The number of benzene rings is 2. The summed E-state index contributed by atoms with van der Waals surface area (Å²) in [4.78, 5) is 2.10. The summed E-state index contributed by atoms with van der Waals surface area (Å²) in [5.74, 6) is 0.989. The topological polar surface area (TPSA) is 35.7 Å². The molecule has 0 aliphatic carbocycles. The van der Waals surface area contributed by atoms with Crippen LogP contribution in [0.25, 0.3) is 0 Å². The van der Waals surface area contributed by atoms with Crippen molar-refractivity contribution in [1.82, 2.24) is 0 Å². The number of amidine groups is 1. The van der Waals surface area contributed by atoms with E-state index in [9.17, 15) is 9.50 Å². The van der Waals surface area contributed by atoms with Crippen molar-refractivity contribution in [3.63, 3.8) is 0 Å². The van der Waals surface area contributed by atoms with Crippen LogP contribution in [0.3, 0.4) is 0 Å². The molecule has 6 heteroatoms. The number of hydrogen-bond donors (Lipinski definition) is 1. The largest absolute Gasteiger partial charge is 0.497 e. The van der Waals surface area contributed by atoms with Crippen LogP contribution < -0.4 is 9.64 Å². The molecule has 0 radical (unpaired) electrons. The van der Waals surface area contributed by atoms with Gasteiger partial charge in [0.1, 0.15) is 17.3 Å². The molecule has 0 saturated heterocycles. The van der Waals surface area contributed by atoms with Crippen LogP contribution in [0.2, 0.25) is 0 Å². The molecule has 0 spiro atoms. The molecule has 0 saturated carbocycles. The van der Waals surface area contributed by atoms with Crippen molar-refractivity contribution < 1.29 is 18.8 Å². The Morgan fingerprint density at radius 3 is 2.85 bits per heavy atom. The van der Waals surface area contributed by atoms with Gasteiger partial charge in [0.2, 0.25) is 0 Å². The Bertz CT molecular complexity index is 886. The number of aryl methyl sites for hydroxylation is 1. The van der Waals surface area contributed by atoms with E-state index in [-0.39, 0.29) is 5.56 Å². The van der Waals surface area contributed by atoms with E-state index in [1.807, 2.05) is 29.7 Å². The number of aliphatic hydroxyl groups is 1. The lowest BCUT2D eigenvalue weighted by Gasteiger charge is -2.24. The molecule has 4 nitrogen and oxygen atoms in total. The molecule has 0 aromatic heterocycles. The van der Waals surface area contributed by atoms with E-state index in [1.165, 1.54) is 13.2 Å². The van der Waals surface area contributed by atoms with Crippen molar-refractivity contribution in [3.8, 4) is 5.75 Å². The normalized spacial score (nSPS) is 22.5. The zero-order valence-electron chi connectivity index (χ0n) is 14.9. The third-order valence-electron chi connectivity index (χ3n) is 4.97. The lowest BCUT2D eigenvalue weighted by atomic mass is 10.0. The average molecular weight is 373 g/mol. The molecule has 2 aliphatic heterocycles. The number of anilines is 1. The fraction of sp³-hybridized carbons (Fsp3) is 0.350. The monoisotopic (exact) mass is 373 g/mol. The molecule has 0 fully saturated rings. The minimum atomic E-state index is -1.40. The third kappa shape index (κ3) is 2.77. The summed E-state index contributed by atoms with van der Waals surface area (Å²) in [7, 11) is 1.51. The van der Waals surface area contributed by atoms with Crippen LogP contribution in [0.15, 0.2) is 42.5 Å². The van der Waals surface area contributed by atoms with Gasteiger partial charge in [-0.15, -0.1) is 0 Å². The highest BCUT2D eigenvalue weighted by molar-refractivity contribution is 8.13. The highest BCUT2D eigenvalue weighted by atomic mass is 32.2. The maximum atomic E-state index is 14.8. The predicted octanol–water partition coefficient (Wildman–Crippen LogP) is 3.31. The fourth-order valence-corrected chi connectivity index (χ4v) is 4.86. The van der Waals surface area contributed by atoms with Crippen molar-refractivity contribution in [3.05, 3.63) is 59.4 Å². The van der Waals surface area contributed by atoms with Crippen molar-refractivity contribution in [1.29, 1.82) is 0 Å². The van der Waals surface area contributed by atoms with Crippen molar-refractivity contribution in [2.75, 3.05) is 30.9 Å². The summed E-state index contributed by atoms with van der Waals surface area (Å²) < 4.78 is 21.8. The summed E-state index contributed by atoms with van der Waals surface area (Å²) in [6, 6.07) is 12.8. The van der Waals surface area contributed by atoms with Gasteiger partial charge < -0.3 is 9.84 Å². The molecule has 0 unspecified atom stereocenters. The molecule has 0 bridgehead atoms. The van der Waals surface area contributed by atoms with Gasteiger partial charge in [0, 0.05) is 11.8 Å². The molecule has 2 heterocycles. The van der Waals surface area contributed by atoms with E-state index >= 15 is 0 Å². The Morgan fingerprint density at radius 2 is 2.12 bits per heavy atom. The van der Waals surface area contributed by atoms with Crippen LogP contribution in [0.1, 0.15) is 17.5 Å². The number of rotatable bonds is 3. The molecular weight excluding hydrogens is 351 g/mol. The lowest BCUT2D eigenvalue weighted by molar-refractivity contribution is -0.657. The Morgan fingerprint density at radius 1 is 1.27 bits per heavy atom. The molecule has 0 amide bonds. The molecule has 2 aromatic rings. The van der Waals surface area contributed by atoms with Gasteiger partial charge in [0.25, 0.3) is 5.72 Å². The first kappa shape index (κ1) is 17.4. The Kier molecular flexibility index (Phi) is 4.40. The van der Waals surface area contributed by atoms with Gasteiger partial charge >= 0.3 is 5.17 Å². The van der Waals surface area contributed by atoms with Crippen molar-refractivity contribution in [2.45, 2.75) is 19.1 Å². The van der Waals surface area contributed by atoms with Crippen LogP contribution in [0.5, 0.6) is 5.75 Å². The van der Waals surface area contributed by atoms with Gasteiger partial charge in [-0.1, -0.05) is 12.1 Å². The summed E-state index contributed by atoms with van der Waals surface area (Å²) in [5, 5.41) is 12.6. The second kappa shape index (κ2) is 6.59. The molecular formula is C20H22FN2O2S+. The van der Waals surface area contributed by atoms with E-state index < -0.39 is 11.5 Å². The van der Waals surface area contributed by atoms with Gasteiger partial charge in [-0.3, -0.25) is 0 Å². The number of thioether (sulfide) groups is 1. The van der Waals surface area contributed by atoms with Gasteiger partial charge in [0.05, 0.1) is 19.2 Å². The fourth-order valence-electron chi connectivity index (χ4n) is 3.68. The Labute approximate surface area is 156 Å². The summed E-state index contributed by atoms with van der Waals surface area (Å²) in [6.45, 7) is 3.04. The zero-order valence-corrected chi connectivity index (χ0v) is 15.7. The second-order valence-corrected chi connectivity index (χ2v) is 7.79. The summed E-state index contributed by atoms with van der Waals surface area (Å²) in [5.41, 5.74) is 1.06. The van der Waals surface area contributed by atoms with Crippen LogP contribution in [0, 0.1) is 12.7 Å². The number of nitrogens with zero attached hydrogens (tertiary/aromatic N) is 2. The van der Waals surface area contributed by atoms with Gasteiger partial charge in [0.15, 0.2) is 6.54 Å². The van der Waals surface area contributed by atoms with Gasteiger partial charge in [-0.05, 0) is 54.9 Å². The van der Waals surface area contributed by atoms with E-state index in [2.05, 4.69) is 11.0 Å². The highest BCUT2D eigenvalue weighted by Gasteiger charge is 2.54. The van der Waals surface area contributed by atoms with E-state index in [1.54, 1.807) is 23.9 Å². The number of β-amino-alcohol motifs (C(OH)–C–C–N with tert-alkyl or cyclic N) is 1. The molecule has 26 heavy (non-hydrogen) atoms. The third-order valence-corrected chi connectivity index (χ3v) is 6.16. The second-order valence-electron chi connectivity index (χ2n) is 6.72. The molecule has 2 aromatic carbocycles. The standard InChI is InChI=1S/C20H22FN2O2S/c1-14-5-3-6-15(11-14)22-13-20(24,23-9-4-10-26-19(22)23)17-8-7-16(25-2)12-18(17)21/h3,5-8,11-12,24H,4,9-10,13H2,1-2H3/q+1/t20-/m1/s1. The van der Waals surface area contributed by atoms with E-state index in [0.717, 1.165) is 28.6 Å². The first-order valence-corrected chi connectivity index (χ1v) is 9.69. The number of ether oxygens (including phenoxy) is 1. The Hall–Kier alpha value is -2.05. The SMILES string of the molecule is COc1ccc([C@]2(O)CN(c3cccc(C)c3)C3=[N+]2CCCS3)c(F)c1. The number of halogens is 1. The van der Waals surface area contributed by atoms with Crippen LogP contribution in [0.4, 0.5) is 10.1 Å². The maximum absolute atomic E-state index is 14.8. The summed E-state index contributed by atoms with van der Waals surface area (Å²) >= 11 is 1.71. The quantitative estimate of drug-likeness (QED) is 0.838. The predicted molar refractivity (Wildman–Crippen MR) is 103 cm³/mol. The average Bonchev–Trinajstić information content (AvgIpc) is 2.96. The molecule has 136 valence electrons. The van der Waals surface area contributed by atoms with Crippen LogP contribution in [-0.2, 0) is 5.72 Å². The maximum Gasteiger partial charge on any atom is 0.316 e. The first-order chi connectivity index (χ1) is 12.5. The van der Waals surface area contributed by atoms with Crippen molar-refractivity contribution in [2.24, 2.45) is 0 Å². The smallest absolute Gasteiger partial charge is 0.316 e. The molecule has 1 N–H and O–H groups in total. The Balaban J connectivity index is 1.81. The van der Waals surface area contributed by atoms with Gasteiger partial charge in [-0.2, -0.15) is 0 Å². The van der Waals surface area contributed by atoms with E-state index in [4.69, 9.17) is 4.74 Å². The van der Waals surface area contributed by atoms with Gasteiger partial charge in [-0.25, -0.2) is 13.9 Å². The van der Waals surface area contributed by atoms with Crippen LogP contribution >= 0.6 is 11.8 Å². The first-order valence-electron chi connectivity index (χ1n) is 8.71.